The van der Waals surface area contributed by atoms with E-state index >= 15 is 0 Å². The van der Waals surface area contributed by atoms with Gasteiger partial charge in [0, 0.05) is 13.1 Å². The number of rotatable bonds is 2. The van der Waals surface area contributed by atoms with Gasteiger partial charge in [-0.2, -0.15) is 0 Å². The summed E-state index contributed by atoms with van der Waals surface area (Å²) < 4.78 is 0. The van der Waals surface area contributed by atoms with Crippen molar-refractivity contribution in [1.29, 1.82) is 0 Å². The molecule has 3 nitrogen and oxygen atoms in total. The first-order valence-corrected chi connectivity index (χ1v) is 4.21. The number of carbonyl (C=O) groups excluding carboxylic acids is 1. The number of likely N-dealkylation sites (N-methyl/N-ethyl adjacent to an activating group) is 1. The number of amides is 1. The summed E-state index contributed by atoms with van der Waals surface area (Å²) in [4.78, 5) is 13.4. The summed E-state index contributed by atoms with van der Waals surface area (Å²) in [5.41, 5.74) is 0. The Bertz CT molecular complexity index is 141. The van der Waals surface area contributed by atoms with Crippen LogP contribution in [0.15, 0.2) is 0 Å². The maximum atomic E-state index is 11.4. The first-order valence-electron chi connectivity index (χ1n) is 4.21. The highest BCUT2D eigenvalue weighted by Gasteiger charge is 2.21. The van der Waals surface area contributed by atoms with E-state index in [0.717, 1.165) is 13.1 Å². The van der Waals surface area contributed by atoms with E-state index in [0.29, 0.717) is 0 Å². The van der Waals surface area contributed by atoms with E-state index in [1.54, 1.807) is 0 Å². The van der Waals surface area contributed by atoms with Crippen LogP contribution in [0.1, 0.15) is 19.8 Å². The molecule has 0 bridgehead atoms. The van der Waals surface area contributed by atoms with Gasteiger partial charge in [-0.25, -0.2) is 0 Å². The van der Waals surface area contributed by atoms with Gasteiger partial charge in [0.1, 0.15) is 0 Å². The minimum Gasteiger partial charge on any atom is -0.341 e. The van der Waals surface area contributed by atoms with E-state index in [4.69, 9.17) is 0 Å². The van der Waals surface area contributed by atoms with Crippen molar-refractivity contribution >= 4 is 5.91 Å². The van der Waals surface area contributed by atoms with Crippen molar-refractivity contribution in [3.8, 4) is 0 Å². The summed E-state index contributed by atoms with van der Waals surface area (Å²) in [5, 5.41) is 2.95. The van der Waals surface area contributed by atoms with Gasteiger partial charge in [0.15, 0.2) is 0 Å². The first kappa shape index (κ1) is 8.53. The van der Waals surface area contributed by atoms with E-state index in [1.807, 2.05) is 18.9 Å². The molecule has 1 aliphatic heterocycles. The predicted octanol–water partition coefficient (Wildman–Crippen LogP) is 0.217. The topological polar surface area (TPSA) is 32.3 Å². The Morgan fingerprint density at radius 2 is 2.00 bits per heavy atom. The molecule has 1 aliphatic rings. The highest BCUT2D eigenvalue weighted by atomic mass is 16.2. The maximum Gasteiger partial charge on any atom is 0.239 e. The van der Waals surface area contributed by atoms with Gasteiger partial charge in [-0.15, -0.1) is 0 Å². The summed E-state index contributed by atoms with van der Waals surface area (Å²) in [6.07, 6.45) is 2.34. The van der Waals surface area contributed by atoms with Crippen LogP contribution in [0, 0.1) is 0 Å². The van der Waals surface area contributed by atoms with Crippen LogP contribution in [-0.2, 0) is 4.79 Å². The monoisotopic (exact) mass is 156 g/mol. The lowest BCUT2D eigenvalue weighted by Gasteiger charge is -2.19. The lowest BCUT2D eigenvalue weighted by Crippen LogP contribution is -2.42. The zero-order chi connectivity index (χ0) is 8.27. The standard InChI is InChI=1S/C8H16N2O/c1-7(9-2)8(11)10-5-3-4-6-10/h7,9H,3-6H2,1-2H3. The number of carbonyl (C=O) groups is 1. The normalized spacial score (nSPS) is 20.4. The molecule has 1 rings (SSSR count). The van der Waals surface area contributed by atoms with Gasteiger partial charge >= 0.3 is 0 Å². The van der Waals surface area contributed by atoms with Gasteiger partial charge in [-0.1, -0.05) is 0 Å². The van der Waals surface area contributed by atoms with Gasteiger partial charge in [-0.3, -0.25) is 4.79 Å². The van der Waals surface area contributed by atoms with E-state index in [9.17, 15) is 4.79 Å². The first-order chi connectivity index (χ1) is 5.25. The molecule has 11 heavy (non-hydrogen) atoms. The zero-order valence-corrected chi connectivity index (χ0v) is 7.26. The van der Waals surface area contributed by atoms with E-state index < -0.39 is 0 Å². The molecule has 0 radical (unpaired) electrons. The second-order valence-electron chi connectivity index (χ2n) is 3.04. The lowest BCUT2D eigenvalue weighted by molar-refractivity contribution is -0.131. The molecule has 0 aromatic carbocycles. The molecular weight excluding hydrogens is 140 g/mol. The Balaban J connectivity index is 2.39. The van der Waals surface area contributed by atoms with E-state index in [1.165, 1.54) is 12.8 Å². The number of nitrogens with zero attached hydrogens (tertiary/aromatic N) is 1. The third-order valence-corrected chi connectivity index (χ3v) is 2.22. The fourth-order valence-corrected chi connectivity index (χ4v) is 1.33. The van der Waals surface area contributed by atoms with E-state index in [-0.39, 0.29) is 11.9 Å². The molecule has 1 atom stereocenters. The van der Waals surface area contributed by atoms with Crippen LogP contribution in [0.4, 0.5) is 0 Å². The summed E-state index contributed by atoms with van der Waals surface area (Å²) >= 11 is 0. The molecule has 0 spiro atoms. The number of hydrogen-bond donors (Lipinski definition) is 1. The van der Waals surface area contributed by atoms with Crippen molar-refractivity contribution in [3.05, 3.63) is 0 Å². The number of nitrogens with one attached hydrogen (secondary N) is 1. The van der Waals surface area contributed by atoms with Gasteiger partial charge < -0.3 is 10.2 Å². The van der Waals surface area contributed by atoms with Crippen LogP contribution >= 0.6 is 0 Å². The smallest absolute Gasteiger partial charge is 0.239 e. The van der Waals surface area contributed by atoms with Crippen LogP contribution < -0.4 is 5.32 Å². The molecule has 1 fully saturated rings. The van der Waals surface area contributed by atoms with Gasteiger partial charge in [0.25, 0.3) is 0 Å². The van der Waals surface area contributed by atoms with Crippen LogP contribution in [-0.4, -0.2) is 37.0 Å². The van der Waals surface area contributed by atoms with E-state index in [2.05, 4.69) is 5.32 Å². The summed E-state index contributed by atoms with van der Waals surface area (Å²) in [5.74, 6) is 0.241. The second kappa shape index (κ2) is 3.72. The van der Waals surface area contributed by atoms with Crippen molar-refractivity contribution in [2.45, 2.75) is 25.8 Å². The molecule has 1 heterocycles. The fraction of sp³-hybridized carbons (Fsp3) is 0.875. The summed E-state index contributed by atoms with van der Waals surface area (Å²) in [6.45, 7) is 3.80. The molecule has 0 aliphatic carbocycles. The quantitative estimate of drug-likeness (QED) is 0.620. The van der Waals surface area contributed by atoms with Gasteiger partial charge in [0.2, 0.25) is 5.91 Å². The third kappa shape index (κ3) is 1.93. The molecule has 0 saturated carbocycles. The van der Waals surface area contributed by atoms with Gasteiger partial charge in [0.05, 0.1) is 6.04 Å². The van der Waals surface area contributed by atoms with Crippen molar-refractivity contribution in [2.75, 3.05) is 20.1 Å². The highest BCUT2D eigenvalue weighted by molar-refractivity contribution is 5.81. The molecular formula is C8H16N2O. The molecule has 64 valence electrons. The minimum absolute atomic E-state index is 0.0203. The Hall–Kier alpha value is -0.570. The van der Waals surface area contributed by atoms with Crippen LogP contribution in [0.5, 0.6) is 0 Å². The number of likely N-dealkylation sites (tertiary alicyclic amines) is 1. The average molecular weight is 156 g/mol. The Morgan fingerprint density at radius 3 is 2.45 bits per heavy atom. The third-order valence-electron chi connectivity index (χ3n) is 2.22. The van der Waals surface area contributed by atoms with Crippen LogP contribution in [0.2, 0.25) is 0 Å². The second-order valence-corrected chi connectivity index (χ2v) is 3.04. The van der Waals surface area contributed by atoms with Crippen LogP contribution in [0.3, 0.4) is 0 Å². The largest absolute Gasteiger partial charge is 0.341 e. The minimum atomic E-state index is -0.0203. The van der Waals surface area contributed by atoms with Crippen molar-refractivity contribution in [1.82, 2.24) is 10.2 Å². The van der Waals surface area contributed by atoms with Crippen molar-refractivity contribution in [3.63, 3.8) is 0 Å². The molecule has 1 unspecified atom stereocenters. The molecule has 1 saturated heterocycles. The van der Waals surface area contributed by atoms with Gasteiger partial charge in [-0.05, 0) is 26.8 Å². The summed E-state index contributed by atoms with van der Waals surface area (Å²) in [7, 11) is 1.82. The Kier molecular flexibility index (Phi) is 2.88. The Labute approximate surface area is 67.8 Å². The predicted molar refractivity (Wildman–Crippen MR) is 44.3 cm³/mol. The zero-order valence-electron chi connectivity index (χ0n) is 7.26. The fourth-order valence-electron chi connectivity index (χ4n) is 1.33. The van der Waals surface area contributed by atoms with Crippen molar-refractivity contribution in [2.24, 2.45) is 0 Å². The summed E-state index contributed by atoms with van der Waals surface area (Å²) in [6, 6.07) is -0.0203. The molecule has 0 aromatic heterocycles. The highest BCUT2D eigenvalue weighted by Crippen LogP contribution is 2.08. The molecule has 1 amide bonds. The SMILES string of the molecule is CNC(C)C(=O)N1CCCC1. The Morgan fingerprint density at radius 1 is 1.45 bits per heavy atom. The molecule has 1 N–H and O–H groups in total. The number of hydrogen-bond acceptors (Lipinski definition) is 2. The molecule has 3 heteroatoms. The molecule has 0 aromatic rings. The van der Waals surface area contributed by atoms with Crippen LogP contribution in [0.25, 0.3) is 0 Å². The maximum absolute atomic E-state index is 11.4. The average Bonchev–Trinajstić information content (AvgIpc) is 2.53. The lowest BCUT2D eigenvalue weighted by atomic mass is 10.3. The van der Waals surface area contributed by atoms with Crippen molar-refractivity contribution < 1.29 is 4.79 Å².